The van der Waals surface area contributed by atoms with Gasteiger partial charge in [-0.3, -0.25) is 10.1 Å². The lowest BCUT2D eigenvalue weighted by Gasteiger charge is -2.19. The monoisotopic (exact) mass is 333 g/mol. The summed E-state index contributed by atoms with van der Waals surface area (Å²) in [6.07, 6.45) is 1.82. The van der Waals surface area contributed by atoms with Gasteiger partial charge in [0.1, 0.15) is 10.9 Å². The molecule has 0 aromatic heterocycles. The molecule has 0 bridgehead atoms. The fourth-order valence-electron chi connectivity index (χ4n) is 2.49. The number of nitro benzene ring substituents is 1. The van der Waals surface area contributed by atoms with Gasteiger partial charge in [-0.1, -0.05) is 42.5 Å². The van der Waals surface area contributed by atoms with E-state index in [4.69, 9.17) is 12.2 Å². The Hall–Kier alpha value is -3.17. The van der Waals surface area contributed by atoms with Gasteiger partial charge in [-0.15, -0.1) is 0 Å². The summed E-state index contributed by atoms with van der Waals surface area (Å²) in [5, 5.41) is 20.2. The standard InChI is InChI=1S/C18H11N3O2S/c19-11-16-15(12-4-2-1-3-5-12)10-17(20-18(16)24)13-6-8-14(9-7-13)21(22)23/h1-10,16H. The van der Waals surface area contributed by atoms with Crippen LogP contribution in [-0.4, -0.2) is 15.6 Å². The third-order valence-corrected chi connectivity index (χ3v) is 4.02. The number of dihydropyridines is 1. The van der Waals surface area contributed by atoms with E-state index in [1.807, 2.05) is 36.4 Å². The van der Waals surface area contributed by atoms with Crippen molar-refractivity contribution in [3.63, 3.8) is 0 Å². The van der Waals surface area contributed by atoms with Crippen LogP contribution in [0.2, 0.25) is 0 Å². The smallest absolute Gasteiger partial charge is 0.258 e. The van der Waals surface area contributed by atoms with E-state index in [-0.39, 0.29) is 5.69 Å². The van der Waals surface area contributed by atoms with E-state index in [1.165, 1.54) is 12.1 Å². The molecule has 3 rings (SSSR count). The number of hydrogen-bond donors (Lipinski definition) is 0. The van der Waals surface area contributed by atoms with Gasteiger partial charge in [0.2, 0.25) is 0 Å². The second-order valence-electron chi connectivity index (χ2n) is 5.17. The van der Waals surface area contributed by atoms with Crippen LogP contribution in [-0.2, 0) is 0 Å². The Balaban J connectivity index is 2.05. The van der Waals surface area contributed by atoms with Gasteiger partial charge in [0.15, 0.2) is 0 Å². The van der Waals surface area contributed by atoms with Crippen LogP contribution in [0.25, 0.3) is 5.57 Å². The molecule has 1 unspecified atom stereocenters. The highest BCUT2D eigenvalue weighted by Crippen LogP contribution is 2.29. The summed E-state index contributed by atoms with van der Waals surface area (Å²) in [4.78, 5) is 14.9. The van der Waals surface area contributed by atoms with Gasteiger partial charge >= 0.3 is 0 Å². The number of nitro groups is 1. The molecule has 1 heterocycles. The molecule has 0 radical (unpaired) electrons. The second kappa shape index (κ2) is 6.52. The van der Waals surface area contributed by atoms with E-state index in [0.29, 0.717) is 16.3 Å². The van der Waals surface area contributed by atoms with Crippen LogP contribution in [0, 0.1) is 27.4 Å². The Morgan fingerprint density at radius 3 is 2.33 bits per heavy atom. The first-order chi connectivity index (χ1) is 11.6. The zero-order chi connectivity index (χ0) is 17.1. The van der Waals surface area contributed by atoms with Gasteiger partial charge in [0.05, 0.1) is 16.7 Å². The first kappa shape index (κ1) is 15.7. The van der Waals surface area contributed by atoms with E-state index in [1.54, 1.807) is 12.1 Å². The van der Waals surface area contributed by atoms with Gasteiger partial charge in [-0.05, 0) is 29.3 Å². The van der Waals surface area contributed by atoms with Crippen LogP contribution in [0.1, 0.15) is 11.1 Å². The van der Waals surface area contributed by atoms with E-state index in [0.717, 1.165) is 11.1 Å². The normalized spacial score (nSPS) is 16.8. The summed E-state index contributed by atoms with van der Waals surface area (Å²) in [7, 11) is 0. The van der Waals surface area contributed by atoms with Crippen molar-refractivity contribution in [2.75, 3.05) is 0 Å². The van der Waals surface area contributed by atoms with Crippen LogP contribution >= 0.6 is 12.2 Å². The van der Waals surface area contributed by atoms with Crippen molar-refractivity contribution < 1.29 is 4.92 Å². The summed E-state index contributed by atoms with van der Waals surface area (Å²) in [5.41, 5.74) is 3.01. The van der Waals surface area contributed by atoms with Crippen molar-refractivity contribution in [1.29, 1.82) is 5.26 Å². The van der Waals surface area contributed by atoms with Crippen LogP contribution in [0.15, 0.2) is 65.7 Å². The van der Waals surface area contributed by atoms with Crippen molar-refractivity contribution >= 4 is 34.2 Å². The summed E-state index contributed by atoms with van der Waals surface area (Å²) in [6, 6.07) is 17.8. The van der Waals surface area contributed by atoms with Gasteiger partial charge in [0, 0.05) is 17.7 Å². The maximum Gasteiger partial charge on any atom is 0.269 e. The maximum absolute atomic E-state index is 10.8. The van der Waals surface area contributed by atoms with Gasteiger partial charge < -0.3 is 0 Å². The number of thiocarbonyl (C=S) groups is 1. The Morgan fingerprint density at radius 2 is 1.75 bits per heavy atom. The lowest BCUT2D eigenvalue weighted by molar-refractivity contribution is -0.384. The molecule has 0 amide bonds. The highest BCUT2D eigenvalue weighted by molar-refractivity contribution is 7.80. The zero-order valence-corrected chi connectivity index (χ0v) is 13.2. The van der Waals surface area contributed by atoms with Crippen LogP contribution < -0.4 is 0 Å². The maximum atomic E-state index is 10.8. The molecule has 116 valence electrons. The molecule has 5 nitrogen and oxygen atoms in total. The second-order valence-corrected chi connectivity index (χ2v) is 5.59. The van der Waals surface area contributed by atoms with E-state index in [2.05, 4.69) is 11.1 Å². The molecule has 1 aliphatic rings. The molecule has 0 saturated carbocycles. The third kappa shape index (κ3) is 2.98. The third-order valence-electron chi connectivity index (χ3n) is 3.69. The molecule has 1 aliphatic heterocycles. The number of hydrogen-bond acceptors (Lipinski definition) is 4. The van der Waals surface area contributed by atoms with Crippen LogP contribution in [0.4, 0.5) is 5.69 Å². The van der Waals surface area contributed by atoms with E-state index in [9.17, 15) is 15.4 Å². The zero-order valence-electron chi connectivity index (χ0n) is 12.4. The SMILES string of the molecule is N#CC1C(=S)N=C(c2ccc([N+](=O)[O-])cc2)C=C1c1ccccc1. The largest absolute Gasteiger partial charge is 0.269 e. The first-order valence-electron chi connectivity index (χ1n) is 7.14. The van der Waals surface area contributed by atoms with Gasteiger partial charge in [0.25, 0.3) is 5.69 Å². The quantitative estimate of drug-likeness (QED) is 0.484. The van der Waals surface area contributed by atoms with Crippen molar-refractivity contribution in [2.45, 2.75) is 0 Å². The number of benzene rings is 2. The molecular weight excluding hydrogens is 322 g/mol. The number of nitriles is 1. The minimum absolute atomic E-state index is 0.0138. The average molecular weight is 333 g/mol. The molecule has 0 fully saturated rings. The van der Waals surface area contributed by atoms with Crippen LogP contribution in [0.3, 0.4) is 0 Å². The summed E-state index contributed by atoms with van der Waals surface area (Å²) in [5.74, 6) is -0.579. The number of rotatable bonds is 3. The van der Waals surface area contributed by atoms with E-state index >= 15 is 0 Å². The minimum atomic E-state index is -0.579. The Morgan fingerprint density at radius 1 is 1.08 bits per heavy atom. The molecule has 2 aromatic carbocycles. The predicted octanol–water partition coefficient (Wildman–Crippen LogP) is 3.95. The van der Waals surface area contributed by atoms with Crippen LogP contribution in [0.5, 0.6) is 0 Å². The molecule has 0 spiro atoms. The van der Waals surface area contributed by atoms with Gasteiger partial charge in [-0.2, -0.15) is 5.26 Å². The molecular formula is C18H11N3O2S. The van der Waals surface area contributed by atoms with Gasteiger partial charge in [-0.25, -0.2) is 4.99 Å². The summed E-state index contributed by atoms with van der Waals surface area (Å²) < 4.78 is 0. The number of nitrogens with zero attached hydrogens (tertiary/aromatic N) is 3. The number of allylic oxidation sites excluding steroid dienone is 1. The molecule has 6 heteroatoms. The van der Waals surface area contributed by atoms with Crippen molar-refractivity contribution in [3.8, 4) is 6.07 Å². The molecule has 0 aliphatic carbocycles. The average Bonchev–Trinajstić information content (AvgIpc) is 2.62. The van der Waals surface area contributed by atoms with E-state index < -0.39 is 10.8 Å². The molecule has 0 saturated heterocycles. The topological polar surface area (TPSA) is 79.3 Å². The summed E-state index contributed by atoms with van der Waals surface area (Å²) in [6.45, 7) is 0. The first-order valence-corrected chi connectivity index (χ1v) is 7.55. The van der Waals surface area contributed by atoms with Crippen molar-refractivity contribution in [2.24, 2.45) is 10.9 Å². The number of non-ortho nitro benzene ring substituents is 1. The Labute approximate surface area is 143 Å². The minimum Gasteiger partial charge on any atom is -0.258 e. The highest BCUT2D eigenvalue weighted by Gasteiger charge is 2.25. The molecule has 24 heavy (non-hydrogen) atoms. The molecule has 0 N–H and O–H groups in total. The molecule has 1 atom stereocenters. The highest BCUT2D eigenvalue weighted by atomic mass is 32.1. The fourth-order valence-corrected chi connectivity index (χ4v) is 2.76. The fraction of sp³-hybridized carbons (Fsp3) is 0.0556. The van der Waals surface area contributed by atoms with Crippen molar-refractivity contribution in [3.05, 3.63) is 81.9 Å². The lowest BCUT2D eigenvalue weighted by atomic mass is 9.89. The predicted molar refractivity (Wildman–Crippen MR) is 95.8 cm³/mol. The summed E-state index contributed by atoms with van der Waals surface area (Å²) >= 11 is 5.29. The number of aliphatic imine (C=N–C) groups is 1. The molecule has 2 aromatic rings. The Kier molecular flexibility index (Phi) is 4.27. The van der Waals surface area contributed by atoms with Crippen molar-refractivity contribution in [1.82, 2.24) is 0 Å². The Bertz CT molecular complexity index is 910. The lowest BCUT2D eigenvalue weighted by Crippen LogP contribution is -2.19.